The van der Waals surface area contributed by atoms with E-state index in [1.807, 2.05) is 6.08 Å². The molecule has 0 fully saturated rings. The fraction of sp³-hybridized carbons (Fsp3) is 0.533. The molecule has 96 valence electrons. The lowest BCUT2D eigenvalue weighted by molar-refractivity contribution is -0.140. The van der Waals surface area contributed by atoms with Crippen LogP contribution in [0.2, 0.25) is 0 Å². The van der Waals surface area contributed by atoms with Gasteiger partial charge >= 0.3 is 5.97 Å². The van der Waals surface area contributed by atoms with Crippen LogP contribution in [0.1, 0.15) is 47.0 Å². The van der Waals surface area contributed by atoms with Gasteiger partial charge in [-0.25, -0.2) is 0 Å². The van der Waals surface area contributed by atoms with E-state index in [1.165, 1.54) is 11.1 Å². The molecule has 0 aliphatic rings. The third kappa shape index (κ3) is 7.56. The Hall–Kier alpha value is -1.31. The predicted molar refractivity (Wildman–Crippen MR) is 73.0 cm³/mol. The number of allylic oxidation sites excluding steroid dienone is 4. The molecule has 2 nitrogen and oxygen atoms in total. The molecule has 0 amide bonds. The van der Waals surface area contributed by atoms with Gasteiger partial charge in [0.15, 0.2) is 0 Å². The van der Waals surface area contributed by atoms with Crippen molar-refractivity contribution in [1.82, 2.24) is 0 Å². The number of carbonyl (C=O) groups is 1. The van der Waals surface area contributed by atoms with Gasteiger partial charge in [-0.15, -0.1) is 0 Å². The van der Waals surface area contributed by atoms with Crippen molar-refractivity contribution in [3.63, 3.8) is 0 Å². The second kappa shape index (κ2) is 7.88. The second-order valence-corrected chi connectivity index (χ2v) is 4.84. The van der Waals surface area contributed by atoms with Crippen molar-refractivity contribution in [2.75, 3.05) is 0 Å². The first-order valence-electron chi connectivity index (χ1n) is 6.01. The minimum atomic E-state index is -0.786. The van der Waals surface area contributed by atoms with Crippen LogP contribution in [0.5, 0.6) is 0 Å². The predicted octanol–water partition coefficient (Wildman–Crippen LogP) is 4.35. The van der Waals surface area contributed by atoms with Crippen LogP contribution in [-0.4, -0.2) is 11.1 Å². The van der Waals surface area contributed by atoms with E-state index in [9.17, 15) is 4.79 Å². The molecule has 1 N–H and O–H groups in total. The first kappa shape index (κ1) is 15.7. The van der Waals surface area contributed by atoms with Gasteiger partial charge in [-0.2, -0.15) is 0 Å². The summed E-state index contributed by atoms with van der Waals surface area (Å²) in [5, 5.41) is 9.01. The molecule has 0 aromatic carbocycles. The molecule has 0 saturated carbocycles. The van der Waals surface area contributed by atoms with Crippen LogP contribution in [0.4, 0.5) is 0 Å². The first-order chi connectivity index (χ1) is 7.84. The summed E-state index contributed by atoms with van der Waals surface area (Å²) in [7, 11) is 0. The van der Waals surface area contributed by atoms with Crippen molar-refractivity contribution in [2.45, 2.75) is 47.0 Å². The summed E-state index contributed by atoms with van der Waals surface area (Å²) in [5.41, 5.74) is 3.28. The molecule has 0 rings (SSSR count). The van der Waals surface area contributed by atoms with Crippen LogP contribution in [0.3, 0.4) is 0 Å². The van der Waals surface area contributed by atoms with Gasteiger partial charge in [0.2, 0.25) is 0 Å². The number of hydrogen-bond acceptors (Lipinski definition) is 1. The van der Waals surface area contributed by atoms with E-state index in [1.54, 1.807) is 6.92 Å². The molecular formula is C15H24O2. The third-order valence-corrected chi connectivity index (χ3v) is 2.69. The Labute approximate surface area is 105 Å². The minimum absolute atomic E-state index is 0.451. The van der Waals surface area contributed by atoms with Gasteiger partial charge in [0, 0.05) is 0 Å². The average molecular weight is 236 g/mol. The molecule has 0 bridgehead atoms. The molecule has 0 aliphatic carbocycles. The molecule has 2 heteroatoms. The SMILES string of the molecule is C=C(C)C(C/C=C(\C)CCC=C(C)C)C(=O)O. The summed E-state index contributed by atoms with van der Waals surface area (Å²) in [5.74, 6) is -1.24. The zero-order valence-electron chi connectivity index (χ0n) is 11.4. The zero-order valence-corrected chi connectivity index (χ0v) is 11.4. The fourth-order valence-corrected chi connectivity index (χ4v) is 1.52. The highest BCUT2D eigenvalue weighted by Gasteiger charge is 2.16. The molecule has 0 aliphatic heterocycles. The monoisotopic (exact) mass is 236 g/mol. The summed E-state index contributed by atoms with van der Waals surface area (Å²) >= 11 is 0. The van der Waals surface area contributed by atoms with Gasteiger partial charge < -0.3 is 5.11 Å². The van der Waals surface area contributed by atoms with E-state index in [0.717, 1.165) is 12.8 Å². The maximum Gasteiger partial charge on any atom is 0.310 e. The van der Waals surface area contributed by atoms with Crippen molar-refractivity contribution in [3.05, 3.63) is 35.5 Å². The van der Waals surface area contributed by atoms with Crippen molar-refractivity contribution in [2.24, 2.45) is 5.92 Å². The normalized spacial score (nSPS) is 13.1. The standard InChI is InChI=1S/C15H24O2/c1-11(2)7-6-8-13(5)9-10-14(12(3)4)15(16)17/h7,9,14H,3,6,8,10H2,1-2,4-5H3,(H,16,17)/b13-9+. The van der Waals surface area contributed by atoms with E-state index in [4.69, 9.17) is 5.11 Å². The maximum absolute atomic E-state index is 11.0. The van der Waals surface area contributed by atoms with E-state index in [0.29, 0.717) is 12.0 Å². The highest BCUT2D eigenvalue weighted by atomic mass is 16.4. The smallest absolute Gasteiger partial charge is 0.310 e. The molecule has 0 heterocycles. The van der Waals surface area contributed by atoms with Gasteiger partial charge in [-0.1, -0.05) is 35.5 Å². The number of rotatable bonds is 7. The summed E-state index contributed by atoms with van der Waals surface area (Å²) in [4.78, 5) is 11.0. The van der Waals surface area contributed by atoms with E-state index in [2.05, 4.69) is 33.4 Å². The van der Waals surface area contributed by atoms with Crippen LogP contribution in [0, 0.1) is 5.92 Å². The summed E-state index contributed by atoms with van der Waals surface area (Å²) in [6, 6.07) is 0. The Bertz CT molecular complexity index is 317. The first-order valence-corrected chi connectivity index (χ1v) is 6.01. The lowest BCUT2D eigenvalue weighted by Crippen LogP contribution is -2.13. The Morgan fingerprint density at radius 1 is 1.24 bits per heavy atom. The van der Waals surface area contributed by atoms with Crippen LogP contribution >= 0.6 is 0 Å². The molecule has 1 atom stereocenters. The fourth-order valence-electron chi connectivity index (χ4n) is 1.52. The number of hydrogen-bond donors (Lipinski definition) is 1. The Kier molecular flexibility index (Phi) is 7.27. The highest BCUT2D eigenvalue weighted by Crippen LogP contribution is 2.16. The molecule has 0 aromatic heterocycles. The molecule has 0 spiro atoms. The molecule has 1 unspecified atom stereocenters. The quantitative estimate of drug-likeness (QED) is 0.667. The Balaban J connectivity index is 4.25. The van der Waals surface area contributed by atoms with Gasteiger partial charge in [0.05, 0.1) is 5.92 Å². The summed E-state index contributed by atoms with van der Waals surface area (Å²) in [6.07, 6.45) is 6.78. The minimum Gasteiger partial charge on any atom is -0.481 e. The summed E-state index contributed by atoms with van der Waals surface area (Å²) < 4.78 is 0. The van der Waals surface area contributed by atoms with Gasteiger partial charge in [0.25, 0.3) is 0 Å². The highest BCUT2D eigenvalue weighted by molar-refractivity contribution is 5.73. The van der Waals surface area contributed by atoms with Crippen molar-refractivity contribution in [1.29, 1.82) is 0 Å². The zero-order chi connectivity index (χ0) is 13.4. The van der Waals surface area contributed by atoms with Crippen LogP contribution in [0.25, 0.3) is 0 Å². The van der Waals surface area contributed by atoms with Crippen molar-refractivity contribution in [3.8, 4) is 0 Å². The second-order valence-electron chi connectivity index (χ2n) is 4.84. The maximum atomic E-state index is 11.0. The average Bonchev–Trinajstić information content (AvgIpc) is 2.15. The Morgan fingerprint density at radius 2 is 1.82 bits per heavy atom. The number of aliphatic carboxylic acids is 1. The van der Waals surface area contributed by atoms with Crippen LogP contribution in [0.15, 0.2) is 35.5 Å². The topological polar surface area (TPSA) is 37.3 Å². The number of carboxylic acid groups (broad SMARTS) is 1. The molecule has 0 aromatic rings. The van der Waals surface area contributed by atoms with E-state index in [-0.39, 0.29) is 0 Å². The van der Waals surface area contributed by atoms with Gasteiger partial charge in [0.1, 0.15) is 0 Å². The van der Waals surface area contributed by atoms with Crippen LogP contribution in [-0.2, 0) is 4.79 Å². The lowest BCUT2D eigenvalue weighted by Gasteiger charge is -2.09. The Morgan fingerprint density at radius 3 is 2.24 bits per heavy atom. The summed E-state index contributed by atoms with van der Waals surface area (Å²) in [6.45, 7) is 11.7. The number of carboxylic acids is 1. The van der Waals surface area contributed by atoms with Gasteiger partial charge in [-0.05, 0) is 47.0 Å². The largest absolute Gasteiger partial charge is 0.481 e. The lowest BCUT2D eigenvalue weighted by atomic mass is 9.96. The van der Waals surface area contributed by atoms with Crippen molar-refractivity contribution >= 4 is 5.97 Å². The molecule has 0 saturated heterocycles. The van der Waals surface area contributed by atoms with E-state index >= 15 is 0 Å². The molecule has 0 radical (unpaired) electrons. The van der Waals surface area contributed by atoms with Gasteiger partial charge in [-0.3, -0.25) is 4.79 Å². The third-order valence-electron chi connectivity index (χ3n) is 2.69. The van der Waals surface area contributed by atoms with Crippen molar-refractivity contribution < 1.29 is 9.90 Å². The van der Waals surface area contributed by atoms with Crippen LogP contribution < -0.4 is 0 Å². The molecule has 17 heavy (non-hydrogen) atoms. The van der Waals surface area contributed by atoms with E-state index < -0.39 is 11.9 Å². The molecular weight excluding hydrogens is 212 g/mol.